The number of alkyl halides is 3. The van der Waals surface area contributed by atoms with Crippen LogP contribution in [0, 0.1) is 0 Å². The highest BCUT2D eigenvalue weighted by atomic mass is 19.4. The average Bonchev–Trinajstić information content (AvgIpc) is 2.71. The van der Waals surface area contributed by atoms with Crippen molar-refractivity contribution < 1.29 is 32.6 Å². The Kier molecular flexibility index (Phi) is 6.19. The number of hydrogen-bond donors (Lipinski definition) is 1. The number of anilines is 1. The molecule has 2 atom stereocenters. The second-order valence-corrected chi connectivity index (χ2v) is 6.96. The summed E-state index contributed by atoms with van der Waals surface area (Å²) >= 11 is 0. The molecule has 0 radical (unpaired) electrons. The Morgan fingerprint density at radius 3 is 2.50 bits per heavy atom. The largest absolute Gasteiger partial charge is 0.530 e. The number of halogens is 3. The van der Waals surface area contributed by atoms with Gasteiger partial charge in [-0.1, -0.05) is 37.3 Å². The molecular formula is C21H20F3N2O4-. The predicted molar refractivity (Wildman–Crippen MR) is 101 cm³/mol. The normalized spacial score (nSPS) is 18.5. The summed E-state index contributed by atoms with van der Waals surface area (Å²) in [5.74, 6) is 0. The van der Waals surface area contributed by atoms with E-state index in [0.717, 1.165) is 28.7 Å². The number of ether oxygens (including phenoxy) is 1. The highest BCUT2D eigenvalue weighted by Gasteiger charge is 2.37. The maximum absolute atomic E-state index is 13.2. The summed E-state index contributed by atoms with van der Waals surface area (Å²) in [6.45, 7) is 1.75. The molecule has 1 aliphatic rings. The molecule has 1 heterocycles. The van der Waals surface area contributed by atoms with Gasteiger partial charge in [-0.25, -0.2) is 4.79 Å². The van der Waals surface area contributed by atoms with Gasteiger partial charge in [-0.05, 0) is 42.2 Å². The SMILES string of the molecule is CCC1CC(NC(=O)OCc2ccccc2)c2cc(C(F)(F)F)ccc2N1C(=O)[O-]. The van der Waals surface area contributed by atoms with Crippen molar-refractivity contribution in [3.63, 3.8) is 0 Å². The fraction of sp³-hybridized carbons (Fsp3) is 0.333. The van der Waals surface area contributed by atoms with Gasteiger partial charge in [0.05, 0.1) is 11.6 Å². The number of carbonyl (C=O) groups excluding carboxylic acids is 2. The summed E-state index contributed by atoms with van der Waals surface area (Å²) in [6, 6.07) is 10.3. The van der Waals surface area contributed by atoms with Gasteiger partial charge >= 0.3 is 12.3 Å². The molecule has 9 heteroatoms. The molecule has 1 N–H and O–H groups in total. The molecule has 0 aliphatic carbocycles. The number of carboxylic acid groups (broad SMARTS) is 1. The van der Waals surface area contributed by atoms with Gasteiger partial charge in [0, 0.05) is 11.7 Å². The zero-order valence-corrected chi connectivity index (χ0v) is 16.1. The molecule has 6 nitrogen and oxygen atoms in total. The zero-order valence-electron chi connectivity index (χ0n) is 16.1. The van der Waals surface area contributed by atoms with Gasteiger partial charge in [0.1, 0.15) is 12.7 Å². The number of amides is 2. The lowest BCUT2D eigenvalue weighted by atomic mass is 9.89. The average molecular weight is 421 g/mol. The van der Waals surface area contributed by atoms with Gasteiger partial charge < -0.3 is 24.9 Å². The van der Waals surface area contributed by atoms with Gasteiger partial charge in [0.2, 0.25) is 0 Å². The van der Waals surface area contributed by atoms with Gasteiger partial charge in [0.15, 0.2) is 0 Å². The van der Waals surface area contributed by atoms with E-state index in [1.807, 2.05) is 6.07 Å². The molecule has 2 aromatic rings. The van der Waals surface area contributed by atoms with E-state index in [1.165, 1.54) is 0 Å². The molecular weight excluding hydrogens is 401 g/mol. The first-order valence-electron chi connectivity index (χ1n) is 9.39. The Bertz CT molecular complexity index is 918. The fourth-order valence-electron chi connectivity index (χ4n) is 3.57. The molecule has 3 rings (SSSR count). The first-order chi connectivity index (χ1) is 14.2. The lowest BCUT2D eigenvalue weighted by molar-refractivity contribution is -0.247. The van der Waals surface area contributed by atoms with Crippen LogP contribution in [-0.4, -0.2) is 18.2 Å². The highest BCUT2D eigenvalue weighted by Crippen LogP contribution is 2.41. The number of rotatable bonds is 4. The van der Waals surface area contributed by atoms with E-state index in [1.54, 1.807) is 31.2 Å². The van der Waals surface area contributed by atoms with E-state index in [2.05, 4.69) is 5.32 Å². The first kappa shape index (κ1) is 21.5. The minimum atomic E-state index is -4.61. The van der Waals surface area contributed by atoms with E-state index in [-0.39, 0.29) is 24.3 Å². The van der Waals surface area contributed by atoms with E-state index in [9.17, 15) is 27.9 Å². The van der Waals surface area contributed by atoms with E-state index < -0.39 is 36.0 Å². The van der Waals surface area contributed by atoms with Gasteiger partial charge in [-0.3, -0.25) is 0 Å². The minimum Gasteiger partial charge on any atom is -0.530 e. The van der Waals surface area contributed by atoms with Crippen molar-refractivity contribution >= 4 is 17.9 Å². The maximum atomic E-state index is 13.2. The van der Waals surface area contributed by atoms with Crippen LogP contribution in [0.25, 0.3) is 0 Å². The number of nitrogens with zero attached hydrogens (tertiary/aromatic N) is 1. The third-order valence-electron chi connectivity index (χ3n) is 5.04. The third-order valence-corrected chi connectivity index (χ3v) is 5.04. The molecule has 0 spiro atoms. The van der Waals surface area contributed by atoms with Crippen LogP contribution in [0.2, 0.25) is 0 Å². The van der Waals surface area contributed by atoms with Crippen LogP contribution in [0.15, 0.2) is 48.5 Å². The second kappa shape index (κ2) is 8.64. The van der Waals surface area contributed by atoms with Crippen molar-refractivity contribution in [3.05, 3.63) is 65.2 Å². The Morgan fingerprint density at radius 1 is 1.20 bits per heavy atom. The van der Waals surface area contributed by atoms with Crippen LogP contribution >= 0.6 is 0 Å². The molecule has 0 fully saturated rings. The van der Waals surface area contributed by atoms with Crippen molar-refractivity contribution in [2.75, 3.05) is 4.90 Å². The van der Waals surface area contributed by atoms with E-state index >= 15 is 0 Å². The van der Waals surface area contributed by atoms with Crippen LogP contribution in [-0.2, 0) is 17.5 Å². The maximum Gasteiger partial charge on any atom is 0.416 e. The van der Waals surface area contributed by atoms with Crippen molar-refractivity contribution in [2.24, 2.45) is 0 Å². The van der Waals surface area contributed by atoms with Crippen LogP contribution in [0.5, 0.6) is 0 Å². The molecule has 0 bridgehead atoms. The lowest BCUT2D eigenvalue weighted by Gasteiger charge is -2.42. The summed E-state index contributed by atoms with van der Waals surface area (Å²) in [6.07, 6.45) is -6.43. The number of carbonyl (C=O) groups is 2. The minimum absolute atomic E-state index is 0.00276. The molecule has 0 saturated heterocycles. The smallest absolute Gasteiger partial charge is 0.416 e. The predicted octanol–water partition coefficient (Wildman–Crippen LogP) is 4.00. The zero-order chi connectivity index (χ0) is 21.9. The summed E-state index contributed by atoms with van der Waals surface area (Å²) < 4.78 is 44.8. The molecule has 0 aromatic heterocycles. The summed E-state index contributed by atoms with van der Waals surface area (Å²) in [5.41, 5.74) is -0.0607. The van der Waals surface area contributed by atoms with Gasteiger partial charge in [0.25, 0.3) is 0 Å². The number of fused-ring (bicyclic) bond motifs is 1. The Balaban J connectivity index is 1.87. The van der Waals surface area contributed by atoms with Crippen LogP contribution < -0.4 is 15.3 Å². The summed E-state index contributed by atoms with van der Waals surface area (Å²) in [4.78, 5) is 24.9. The molecule has 2 unspecified atom stereocenters. The summed E-state index contributed by atoms with van der Waals surface area (Å²) in [7, 11) is 0. The molecule has 160 valence electrons. The Morgan fingerprint density at radius 2 is 1.90 bits per heavy atom. The van der Waals surface area contributed by atoms with Crippen LogP contribution in [0.4, 0.5) is 28.4 Å². The molecule has 1 aliphatic heterocycles. The topological polar surface area (TPSA) is 81.7 Å². The highest BCUT2D eigenvalue weighted by molar-refractivity contribution is 5.88. The number of alkyl carbamates (subject to hydrolysis) is 1. The molecule has 30 heavy (non-hydrogen) atoms. The van der Waals surface area contributed by atoms with Crippen molar-refractivity contribution in [1.29, 1.82) is 0 Å². The van der Waals surface area contributed by atoms with E-state index in [0.29, 0.717) is 6.42 Å². The fourth-order valence-corrected chi connectivity index (χ4v) is 3.57. The molecule has 0 saturated carbocycles. The second-order valence-electron chi connectivity index (χ2n) is 6.96. The van der Waals surface area contributed by atoms with Gasteiger partial charge in [-0.2, -0.15) is 13.2 Å². The van der Waals surface area contributed by atoms with Crippen LogP contribution in [0.3, 0.4) is 0 Å². The van der Waals surface area contributed by atoms with E-state index in [4.69, 9.17) is 4.74 Å². The first-order valence-corrected chi connectivity index (χ1v) is 9.39. The van der Waals surface area contributed by atoms with Crippen molar-refractivity contribution in [3.8, 4) is 0 Å². The molecule has 2 aromatic carbocycles. The van der Waals surface area contributed by atoms with Crippen molar-refractivity contribution in [2.45, 2.75) is 44.6 Å². The number of nitrogens with one attached hydrogen (secondary N) is 1. The number of hydrogen-bond acceptors (Lipinski definition) is 4. The quantitative estimate of drug-likeness (QED) is 0.809. The monoisotopic (exact) mass is 421 g/mol. The molecule has 2 amide bonds. The van der Waals surface area contributed by atoms with Crippen molar-refractivity contribution in [1.82, 2.24) is 5.32 Å². The Labute approximate surface area is 171 Å². The van der Waals surface area contributed by atoms with Crippen LogP contribution in [0.1, 0.15) is 42.5 Å². The lowest BCUT2D eigenvalue weighted by Crippen LogP contribution is -2.52. The third kappa shape index (κ3) is 4.67. The Hall–Kier alpha value is -3.23. The number of benzene rings is 2. The van der Waals surface area contributed by atoms with Gasteiger partial charge in [-0.15, -0.1) is 0 Å². The summed E-state index contributed by atoms with van der Waals surface area (Å²) in [5, 5.41) is 14.2. The standard InChI is InChI=1S/C21H21F3N2O4/c1-2-15-11-17(25-19(27)30-12-13-6-4-3-5-7-13)16-10-14(21(22,23)24)8-9-18(16)26(15)20(28)29/h3-10,15,17H,2,11-12H2,1H3,(H,25,27)(H,28,29)/p-1.